The molecule has 5 heteroatoms. The van der Waals surface area contributed by atoms with Gasteiger partial charge in [0.15, 0.2) is 0 Å². The van der Waals surface area contributed by atoms with Crippen molar-refractivity contribution in [3.05, 3.63) is 35.1 Å². The van der Waals surface area contributed by atoms with Crippen molar-refractivity contribution < 1.29 is 19.0 Å². The monoisotopic (exact) mass is 258 g/mol. The molecule has 0 fully saturated rings. The first-order chi connectivity index (χ1) is 8.15. The molecule has 0 aliphatic carbocycles. The van der Waals surface area contributed by atoms with Crippen molar-refractivity contribution in [3.8, 4) is 0 Å². The average molecular weight is 258 g/mol. The fraction of sp³-hybridized carbons (Fsp3) is 0.417. The van der Waals surface area contributed by atoms with Gasteiger partial charge in [0, 0.05) is 19.5 Å². The number of halogens is 1. The molecule has 0 bridgehead atoms. The number of rotatable bonds is 7. The second-order valence-corrected chi connectivity index (χ2v) is 4.62. The molecular formula is C12H15FO3S. The molecule has 94 valence electrons. The van der Waals surface area contributed by atoms with E-state index in [-0.39, 0.29) is 5.56 Å². The number of carbonyl (C=O) groups is 1. The summed E-state index contributed by atoms with van der Waals surface area (Å²) in [6.07, 6.45) is 0.953. The van der Waals surface area contributed by atoms with Crippen LogP contribution in [0.3, 0.4) is 0 Å². The van der Waals surface area contributed by atoms with Crippen LogP contribution in [0.4, 0.5) is 4.39 Å². The van der Waals surface area contributed by atoms with E-state index >= 15 is 0 Å². The molecule has 0 spiro atoms. The lowest BCUT2D eigenvalue weighted by atomic mass is 10.1. The van der Waals surface area contributed by atoms with Gasteiger partial charge in [-0.1, -0.05) is 6.07 Å². The molecule has 0 saturated heterocycles. The Hall–Kier alpha value is -1.07. The van der Waals surface area contributed by atoms with Crippen LogP contribution in [0, 0.1) is 5.82 Å². The summed E-state index contributed by atoms with van der Waals surface area (Å²) < 4.78 is 18.0. The van der Waals surface area contributed by atoms with Gasteiger partial charge in [0.25, 0.3) is 0 Å². The van der Waals surface area contributed by atoms with E-state index in [1.807, 2.05) is 0 Å². The third-order valence-electron chi connectivity index (χ3n) is 2.17. The number of carboxylic acids is 1. The van der Waals surface area contributed by atoms with E-state index in [0.29, 0.717) is 5.75 Å². The molecule has 1 aromatic rings. The van der Waals surface area contributed by atoms with Crippen LogP contribution in [0.1, 0.15) is 22.3 Å². The van der Waals surface area contributed by atoms with Crippen LogP contribution in [0.25, 0.3) is 0 Å². The predicted octanol–water partition coefficient (Wildman–Crippen LogP) is 2.79. The molecule has 0 unspecified atom stereocenters. The van der Waals surface area contributed by atoms with Crippen molar-refractivity contribution in [2.24, 2.45) is 0 Å². The van der Waals surface area contributed by atoms with Crippen LogP contribution in [0.2, 0.25) is 0 Å². The molecule has 3 nitrogen and oxygen atoms in total. The minimum absolute atomic E-state index is 0.264. The van der Waals surface area contributed by atoms with Gasteiger partial charge in [-0.15, -0.1) is 0 Å². The zero-order chi connectivity index (χ0) is 12.7. The van der Waals surface area contributed by atoms with Gasteiger partial charge < -0.3 is 9.84 Å². The van der Waals surface area contributed by atoms with Crippen LogP contribution in [-0.4, -0.2) is 30.5 Å². The van der Waals surface area contributed by atoms with Gasteiger partial charge in [0.1, 0.15) is 5.82 Å². The molecule has 0 radical (unpaired) electrons. The lowest BCUT2D eigenvalue weighted by molar-refractivity contribution is 0.0692. The van der Waals surface area contributed by atoms with Crippen molar-refractivity contribution in [2.45, 2.75) is 12.2 Å². The van der Waals surface area contributed by atoms with E-state index in [0.717, 1.165) is 24.3 Å². The van der Waals surface area contributed by atoms with E-state index in [4.69, 9.17) is 9.84 Å². The normalized spacial score (nSPS) is 10.5. The Morgan fingerprint density at radius 3 is 2.94 bits per heavy atom. The molecule has 17 heavy (non-hydrogen) atoms. The first kappa shape index (κ1) is 14.0. The Bertz CT molecular complexity index is 382. The smallest absolute Gasteiger partial charge is 0.338 e. The topological polar surface area (TPSA) is 46.5 Å². The maximum Gasteiger partial charge on any atom is 0.338 e. The number of ether oxygens (including phenoxy) is 1. The number of methoxy groups -OCH3 is 1. The van der Waals surface area contributed by atoms with Gasteiger partial charge in [0.2, 0.25) is 0 Å². The molecule has 0 atom stereocenters. The number of carboxylic acid groups (broad SMARTS) is 1. The van der Waals surface area contributed by atoms with Crippen LogP contribution in [-0.2, 0) is 10.5 Å². The molecule has 1 N–H and O–H groups in total. The van der Waals surface area contributed by atoms with Crippen molar-refractivity contribution >= 4 is 17.7 Å². The van der Waals surface area contributed by atoms with Gasteiger partial charge in [-0.05, 0) is 29.9 Å². The summed E-state index contributed by atoms with van der Waals surface area (Å²) in [4.78, 5) is 10.7. The fourth-order valence-electron chi connectivity index (χ4n) is 1.32. The zero-order valence-corrected chi connectivity index (χ0v) is 10.4. The summed E-state index contributed by atoms with van der Waals surface area (Å²) in [5.74, 6) is -0.294. The maximum absolute atomic E-state index is 13.1. The summed E-state index contributed by atoms with van der Waals surface area (Å²) in [6, 6.07) is 4.21. The van der Waals surface area contributed by atoms with Gasteiger partial charge in [-0.25, -0.2) is 9.18 Å². The first-order valence-corrected chi connectivity index (χ1v) is 6.39. The zero-order valence-electron chi connectivity index (χ0n) is 9.61. The quantitative estimate of drug-likeness (QED) is 0.764. The highest BCUT2D eigenvalue weighted by molar-refractivity contribution is 7.98. The Labute approximate surface area is 104 Å². The molecule has 0 heterocycles. The third-order valence-corrected chi connectivity index (χ3v) is 3.28. The molecule has 0 aliphatic heterocycles. The lowest BCUT2D eigenvalue weighted by Gasteiger charge is -2.04. The van der Waals surface area contributed by atoms with Crippen molar-refractivity contribution in [1.29, 1.82) is 0 Å². The second kappa shape index (κ2) is 7.29. The van der Waals surface area contributed by atoms with E-state index < -0.39 is 11.8 Å². The fourth-order valence-corrected chi connectivity index (χ4v) is 2.20. The summed E-state index contributed by atoms with van der Waals surface area (Å²) in [5, 5.41) is 8.77. The van der Waals surface area contributed by atoms with Crippen LogP contribution in [0.15, 0.2) is 18.2 Å². The largest absolute Gasteiger partial charge is 0.478 e. The van der Waals surface area contributed by atoms with Gasteiger partial charge in [0.05, 0.1) is 5.56 Å². The Morgan fingerprint density at radius 2 is 2.29 bits per heavy atom. The highest BCUT2D eigenvalue weighted by Gasteiger charge is 2.10. The molecular weight excluding hydrogens is 243 g/mol. The van der Waals surface area contributed by atoms with Gasteiger partial charge in [-0.2, -0.15) is 11.8 Å². The van der Waals surface area contributed by atoms with E-state index in [9.17, 15) is 9.18 Å². The second-order valence-electron chi connectivity index (χ2n) is 3.52. The van der Waals surface area contributed by atoms with Crippen LogP contribution < -0.4 is 0 Å². The van der Waals surface area contributed by atoms with Crippen LogP contribution in [0.5, 0.6) is 0 Å². The lowest BCUT2D eigenvalue weighted by Crippen LogP contribution is -2.01. The molecule has 0 aliphatic rings. The van der Waals surface area contributed by atoms with E-state index in [1.165, 1.54) is 12.1 Å². The highest BCUT2D eigenvalue weighted by Crippen LogP contribution is 2.17. The average Bonchev–Trinajstić information content (AvgIpc) is 2.30. The summed E-state index contributed by atoms with van der Waals surface area (Å²) >= 11 is 1.68. The Morgan fingerprint density at radius 1 is 1.53 bits per heavy atom. The molecule has 1 aromatic carbocycles. The van der Waals surface area contributed by atoms with Crippen LogP contribution >= 0.6 is 11.8 Å². The van der Waals surface area contributed by atoms with Crippen molar-refractivity contribution in [1.82, 2.24) is 0 Å². The molecule has 0 amide bonds. The van der Waals surface area contributed by atoms with E-state index in [2.05, 4.69) is 0 Å². The molecule has 0 saturated carbocycles. The van der Waals surface area contributed by atoms with Crippen molar-refractivity contribution in [2.75, 3.05) is 19.5 Å². The van der Waals surface area contributed by atoms with Crippen molar-refractivity contribution in [3.63, 3.8) is 0 Å². The predicted molar refractivity (Wildman–Crippen MR) is 66.0 cm³/mol. The third kappa shape index (κ3) is 4.75. The molecule has 0 aromatic heterocycles. The number of benzene rings is 1. The minimum Gasteiger partial charge on any atom is -0.478 e. The Kier molecular flexibility index (Phi) is 6.00. The number of hydrogen-bond acceptors (Lipinski definition) is 3. The summed E-state index contributed by atoms with van der Waals surface area (Å²) in [7, 11) is 1.66. The minimum atomic E-state index is -1.23. The first-order valence-electron chi connectivity index (χ1n) is 5.23. The van der Waals surface area contributed by atoms with Gasteiger partial charge >= 0.3 is 5.97 Å². The maximum atomic E-state index is 13.1. The molecule has 1 rings (SSSR count). The highest BCUT2D eigenvalue weighted by atomic mass is 32.2. The number of hydrogen-bond donors (Lipinski definition) is 1. The summed E-state index contributed by atoms with van der Waals surface area (Å²) in [6.45, 7) is 0.719. The van der Waals surface area contributed by atoms with E-state index in [1.54, 1.807) is 24.9 Å². The number of aromatic carboxylic acids is 1. The number of thioether (sulfide) groups is 1. The SMILES string of the molecule is COCCCSCc1ccc(F)c(C(=O)O)c1. The standard InChI is InChI=1S/C12H15FO3S/c1-16-5-2-6-17-8-9-3-4-11(13)10(7-9)12(14)15/h3-4,7H,2,5-6,8H2,1H3,(H,14,15). The van der Waals surface area contributed by atoms with Gasteiger partial charge in [-0.3, -0.25) is 0 Å². The Balaban J connectivity index is 2.49. The summed E-state index contributed by atoms with van der Waals surface area (Å²) in [5.41, 5.74) is 0.561.